The predicted molar refractivity (Wildman–Crippen MR) is 65.1 cm³/mol. The molecule has 6 heteroatoms. The lowest BCUT2D eigenvalue weighted by molar-refractivity contribution is 0.460. The van der Waals surface area contributed by atoms with Crippen molar-refractivity contribution in [1.82, 2.24) is 4.98 Å². The summed E-state index contributed by atoms with van der Waals surface area (Å²) in [4.78, 5) is 3.17. The van der Waals surface area contributed by atoms with Crippen molar-refractivity contribution in [3.63, 3.8) is 0 Å². The van der Waals surface area contributed by atoms with Gasteiger partial charge in [-0.1, -0.05) is 0 Å². The fourth-order valence-corrected chi connectivity index (χ4v) is 1.68. The van der Waals surface area contributed by atoms with Crippen LogP contribution in [0.2, 0.25) is 0 Å². The van der Waals surface area contributed by atoms with Gasteiger partial charge >= 0.3 is 0 Å². The topological polar surface area (TPSA) is 78.5 Å². The number of phenolic OH excluding ortho intramolecular Hbond substituents is 2. The molecule has 1 aromatic rings. The van der Waals surface area contributed by atoms with Crippen LogP contribution in [0.5, 0.6) is 11.5 Å². The molecule has 0 aliphatic rings. The summed E-state index contributed by atoms with van der Waals surface area (Å²) in [5.41, 5.74) is 5.17. The molecule has 1 unspecified atom stereocenters. The molecule has 80 valence electrons. The summed E-state index contributed by atoms with van der Waals surface area (Å²) in [6, 6.07) is 5.70. The molecule has 1 rings (SSSR count). The maximum atomic E-state index is 8.65. The zero-order valence-corrected chi connectivity index (χ0v) is 10.5. The van der Waals surface area contributed by atoms with E-state index in [1.165, 1.54) is 24.3 Å². The Morgan fingerprint density at radius 2 is 1.64 bits per heavy atom. The van der Waals surface area contributed by atoms with Gasteiger partial charge in [0.2, 0.25) is 0 Å². The first-order valence-electron chi connectivity index (χ1n) is 4.29. The molecule has 0 saturated carbocycles. The van der Waals surface area contributed by atoms with Crippen molar-refractivity contribution in [2.75, 3.05) is 13.1 Å². The van der Waals surface area contributed by atoms with Gasteiger partial charge in [0.25, 0.3) is 0 Å². The number of hydrogen-bond acceptors (Lipinski definition) is 4. The maximum Gasteiger partial charge on any atom is 0.115 e. The van der Waals surface area contributed by atoms with Crippen LogP contribution in [0.4, 0.5) is 0 Å². The third-order valence-electron chi connectivity index (χ3n) is 1.32. The van der Waals surface area contributed by atoms with Gasteiger partial charge in [-0.3, -0.25) is 0 Å². The van der Waals surface area contributed by atoms with Crippen LogP contribution >= 0.6 is 8.79 Å². The lowest BCUT2D eigenvalue weighted by Crippen LogP contribution is -2.22. The molecule has 0 fully saturated rings. The smallest absolute Gasteiger partial charge is 0.115 e. The Balaban J connectivity index is 0.000000255. The fraction of sp³-hybridized carbons (Fsp3) is 0.250. The van der Waals surface area contributed by atoms with Gasteiger partial charge in [0.1, 0.15) is 20.8 Å². The molecule has 0 saturated heterocycles. The second-order valence-electron chi connectivity index (χ2n) is 2.51. The molecule has 0 radical (unpaired) electrons. The molecule has 0 heterocycles. The van der Waals surface area contributed by atoms with E-state index < -0.39 is 0 Å². The Hall–Kier alpha value is -0.613. The summed E-state index contributed by atoms with van der Waals surface area (Å²) in [5.74, 6) is 0.339. The number of hydrogen-bond donors (Lipinski definition) is 4. The first-order chi connectivity index (χ1) is 6.70. The van der Waals surface area contributed by atoms with E-state index in [1.54, 1.807) is 0 Å². The molecule has 0 amide bonds. The Labute approximate surface area is 88.5 Å². The first-order valence-corrected chi connectivity index (χ1v) is 8.27. The van der Waals surface area contributed by atoms with E-state index in [-0.39, 0.29) is 20.8 Å². The van der Waals surface area contributed by atoms with Crippen LogP contribution in [0, 0.1) is 0 Å². The molecule has 0 bridgehead atoms. The average molecular weight is 232 g/mol. The summed E-state index contributed by atoms with van der Waals surface area (Å²) in [7, 11) is 2.69. The minimum absolute atomic E-state index is 0.0103. The van der Waals surface area contributed by atoms with Crippen LogP contribution in [-0.2, 0) is 0 Å². The van der Waals surface area contributed by atoms with Crippen molar-refractivity contribution in [2.24, 2.45) is 5.73 Å². The van der Waals surface area contributed by atoms with Crippen molar-refractivity contribution < 1.29 is 10.2 Å². The fourth-order valence-electron chi connectivity index (χ4n) is 0.657. The Morgan fingerprint density at radius 1 is 1.21 bits per heavy atom. The number of benzene rings is 1. The highest BCUT2D eigenvalue weighted by molar-refractivity contribution is 7.55. The molecule has 0 aliphatic carbocycles. The quantitative estimate of drug-likeness (QED) is 0.245. The molecule has 14 heavy (non-hydrogen) atoms. The molecule has 1 atom stereocenters. The van der Waals surface area contributed by atoms with Crippen molar-refractivity contribution in [1.29, 1.82) is 0 Å². The van der Waals surface area contributed by atoms with E-state index in [2.05, 4.69) is 13.8 Å². The zero-order valence-electron chi connectivity index (χ0n) is 7.98. The van der Waals surface area contributed by atoms with E-state index in [0.29, 0.717) is 0 Å². The minimum Gasteiger partial charge on any atom is -0.508 e. The highest BCUT2D eigenvalue weighted by Crippen LogP contribution is 2.13. The number of phenols is 2. The maximum absolute atomic E-state index is 8.65. The zero-order chi connectivity index (χ0) is 10.8. The number of rotatable bonds is 3. The molecule has 1 aromatic carbocycles. The van der Waals surface area contributed by atoms with Crippen LogP contribution in [0.1, 0.15) is 0 Å². The third-order valence-corrected chi connectivity index (χ3v) is 2.82. The summed E-state index contributed by atoms with van der Waals surface area (Å²) < 4.78 is 0. The normalized spacial score (nSPS) is 9.86. The van der Waals surface area contributed by atoms with Gasteiger partial charge in [0.05, 0.1) is 0 Å². The summed E-state index contributed by atoms with van der Waals surface area (Å²) in [6.45, 7) is 1.75. The van der Waals surface area contributed by atoms with Crippen molar-refractivity contribution in [2.45, 2.75) is 0 Å². The highest BCUT2D eigenvalue weighted by Gasteiger charge is 1.84. The standard InChI is InChI=1S/C6H6O2.C2H11N2PSi/c7-5-1-2-6(8)4-3-5;3-1-2-4-6-5/h1-4,7-8H;4H,1-3,5-6H2. The second kappa shape index (κ2) is 8.96. The largest absolute Gasteiger partial charge is 0.508 e. The Bertz CT molecular complexity index is 208. The van der Waals surface area contributed by atoms with Crippen LogP contribution in [0.3, 0.4) is 0 Å². The molecule has 0 aromatic heterocycles. The average Bonchev–Trinajstić information content (AvgIpc) is 2.20. The molecule has 0 spiro atoms. The SMILES string of the molecule is NCCN[SiH2]P.Oc1ccc(O)cc1. The lowest BCUT2D eigenvalue weighted by Gasteiger charge is -1.91. The summed E-state index contributed by atoms with van der Waals surface area (Å²) in [6.07, 6.45) is 0. The van der Waals surface area contributed by atoms with Crippen molar-refractivity contribution in [3.8, 4) is 11.5 Å². The molecule has 5 N–H and O–H groups in total. The molecule has 0 aliphatic heterocycles. The van der Waals surface area contributed by atoms with Gasteiger partial charge < -0.3 is 20.9 Å². The lowest BCUT2D eigenvalue weighted by atomic mass is 10.3. The van der Waals surface area contributed by atoms with E-state index in [4.69, 9.17) is 15.9 Å². The van der Waals surface area contributed by atoms with Crippen molar-refractivity contribution >= 4 is 18.1 Å². The van der Waals surface area contributed by atoms with Gasteiger partial charge in [-0.05, 0) is 24.3 Å². The van der Waals surface area contributed by atoms with Crippen LogP contribution < -0.4 is 10.7 Å². The van der Waals surface area contributed by atoms with E-state index in [0.717, 1.165) is 13.1 Å². The van der Waals surface area contributed by atoms with Gasteiger partial charge in [-0.15, -0.1) is 8.79 Å². The summed E-state index contributed by atoms with van der Waals surface area (Å²) in [5, 5.41) is 17.3. The first kappa shape index (κ1) is 13.4. The van der Waals surface area contributed by atoms with Gasteiger partial charge in [-0.25, -0.2) is 0 Å². The summed E-state index contributed by atoms with van der Waals surface area (Å²) >= 11 is 0. The van der Waals surface area contributed by atoms with E-state index in [9.17, 15) is 0 Å². The number of nitrogens with one attached hydrogen (secondary N) is 1. The number of aromatic hydroxyl groups is 2. The van der Waals surface area contributed by atoms with E-state index >= 15 is 0 Å². The predicted octanol–water partition coefficient (Wildman–Crippen LogP) is -0.494. The molecular weight excluding hydrogens is 215 g/mol. The van der Waals surface area contributed by atoms with Crippen LogP contribution in [-0.4, -0.2) is 32.7 Å². The Kier molecular flexibility index (Phi) is 8.57. The second-order valence-corrected chi connectivity index (χ2v) is 4.64. The van der Waals surface area contributed by atoms with Gasteiger partial charge in [0, 0.05) is 13.1 Å². The molecular formula is C8H17N2O2PSi. The van der Waals surface area contributed by atoms with Gasteiger partial charge in [-0.2, -0.15) is 0 Å². The van der Waals surface area contributed by atoms with Gasteiger partial charge in [0.15, 0.2) is 0 Å². The highest BCUT2D eigenvalue weighted by atomic mass is 31.3. The monoisotopic (exact) mass is 232 g/mol. The van der Waals surface area contributed by atoms with Crippen LogP contribution in [0.15, 0.2) is 24.3 Å². The number of nitrogens with two attached hydrogens (primary N) is 1. The van der Waals surface area contributed by atoms with Crippen molar-refractivity contribution in [3.05, 3.63) is 24.3 Å². The van der Waals surface area contributed by atoms with E-state index in [1.807, 2.05) is 0 Å². The third kappa shape index (κ3) is 8.01. The Morgan fingerprint density at radius 3 is 1.86 bits per heavy atom. The molecule has 4 nitrogen and oxygen atoms in total. The minimum atomic E-state index is -0.0103. The van der Waals surface area contributed by atoms with Crippen LogP contribution in [0.25, 0.3) is 0 Å².